The van der Waals surface area contributed by atoms with Gasteiger partial charge in [0.15, 0.2) is 11.0 Å². The van der Waals surface area contributed by atoms with Crippen LogP contribution >= 0.6 is 23.4 Å². The summed E-state index contributed by atoms with van der Waals surface area (Å²) in [5.41, 5.74) is 3.40. The number of halogens is 4. The van der Waals surface area contributed by atoms with E-state index in [0.29, 0.717) is 11.3 Å². The van der Waals surface area contributed by atoms with Gasteiger partial charge >= 0.3 is 12.4 Å². The number of rotatable bonds is 7. The Morgan fingerprint density at radius 1 is 1.06 bits per heavy atom. The fourth-order valence-electron chi connectivity index (χ4n) is 4.60. The molecule has 11 nitrogen and oxygen atoms in total. The van der Waals surface area contributed by atoms with Gasteiger partial charge in [-0.2, -0.15) is 9.98 Å². The molecule has 0 radical (unpaired) electrons. The Hall–Kier alpha value is -4.89. The molecule has 5 rings (SSSR count). The molecular formula is C31H27ClF3N7O4S. The van der Waals surface area contributed by atoms with E-state index in [4.69, 9.17) is 11.6 Å². The number of nitrogens with one attached hydrogen (secondary N) is 2. The Kier molecular flexibility index (Phi) is 9.58. The number of ether oxygens (including phenoxy) is 1. The normalized spacial score (nSPS) is 14.2. The number of benzene rings is 3. The highest BCUT2D eigenvalue weighted by Gasteiger charge is 2.33. The predicted molar refractivity (Wildman–Crippen MR) is 174 cm³/mol. The number of aliphatic imine (C=N–C) groups is 1. The number of hydrogen-bond donors (Lipinski definition) is 2. The molecule has 2 N–H and O–H groups in total. The van der Waals surface area contributed by atoms with E-state index in [-0.39, 0.29) is 50.8 Å². The van der Waals surface area contributed by atoms with Crippen LogP contribution in [-0.4, -0.2) is 49.9 Å². The van der Waals surface area contributed by atoms with Crippen LogP contribution in [0.1, 0.15) is 41.3 Å². The first-order valence-electron chi connectivity index (χ1n) is 14.0. The van der Waals surface area contributed by atoms with Gasteiger partial charge in [-0.15, -0.1) is 18.3 Å². The number of alkyl halides is 3. The summed E-state index contributed by atoms with van der Waals surface area (Å²) in [7, 11) is 1.54. The summed E-state index contributed by atoms with van der Waals surface area (Å²) in [6, 6.07) is 14.2. The lowest BCUT2D eigenvalue weighted by Gasteiger charge is -2.22. The van der Waals surface area contributed by atoms with Crippen molar-refractivity contribution >= 4 is 63.7 Å². The van der Waals surface area contributed by atoms with E-state index in [1.54, 1.807) is 6.07 Å². The standard InChI is InChI=1S/C31H27ClF3N7O4S/c1-16(2)21-11-5-17(3)13-24(21)42-25(43)15-47-30(42)39-29(45)36-23-12-8-19(14-22(23)32)26-37-28(41(4)40-26)38-27(44)18-6-9-20(10-7-18)46-31(33,34)35/h5-14,16H,15H2,1-4H3,(H,36,45)(H,37,38,40,44)/b39-30-. The van der Waals surface area contributed by atoms with Gasteiger partial charge in [0.05, 0.1) is 22.2 Å². The van der Waals surface area contributed by atoms with E-state index in [1.165, 1.54) is 52.7 Å². The molecule has 0 bridgehead atoms. The molecule has 3 aromatic carbocycles. The SMILES string of the molecule is Cc1ccc(C(C)C)c(N2C(=O)CS/C2=N\C(=O)Nc2ccc(-c3nc(NC(=O)c4ccc(OC(F)(F)F)cc4)n(C)n3)cc2Cl)c1. The van der Waals surface area contributed by atoms with E-state index in [2.05, 4.69) is 30.4 Å². The number of thioether (sulfide) groups is 1. The molecule has 0 saturated carbocycles. The first-order valence-corrected chi connectivity index (χ1v) is 15.4. The van der Waals surface area contributed by atoms with E-state index in [9.17, 15) is 27.6 Å². The molecule has 2 heterocycles. The molecule has 0 aliphatic carbocycles. The zero-order valence-electron chi connectivity index (χ0n) is 25.3. The zero-order chi connectivity index (χ0) is 34.0. The Bertz CT molecular complexity index is 1890. The topological polar surface area (TPSA) is 131 Å². The maximum Gasteiger partial charge on any atom is 0.573 e. The largest absolute Gasteiger partial charge is 0.573 e. The number of amidine groups is 1. The number of urea groups is 1. The average Bonchev–Trinajstić information content (AvgIpc) is 3.54. The third-order valence-electron chi connectivity index (χ3n) is 6.82. The Morgan fingerprint density at radius 3 is 2.45 bits per heavy atom. The second-order valence-corrected chi connectivity index (χ2v) is 12.0. The summed E-state index contributed by atoms with van der Waals surface area (Å²) in [4.78, 5) is 48.4. The van der Waals surface area contributed by atoms with Crippen LogP contribution < -0.4 is 20.3 Å². The van der Waals surface area contributed by atoms with Crippen molar-refractivity contribution in [2.24, 2.45) is 12.0 Å². The average molecular weight is 686 g/mol. The molecule has 244 valence electrons. The van der Waals surface area contributed by atoms with Gasteiger partial charge in [0, 0.05) is 18.2 Å². The summed E-state index contributed by atoms with van der Waals surface area (Å²) in [5.74, 6) is -0.721. The third kappa shape index (κ3) is 7.92. The molecule has 0 unspecified atom stereocenters. The summed E-state index contributed by atoms with van der Waals surface area (Å²) >= 11 is 7.65. The van der Waals surface area contributed by atoms with Crippen molar-refractivity contribution in [1.82, 2.24) is 14.8 Å². The lowest BCUT2D eigenvalue weighted by molar-refractivity contribution is -0.274. The van der Waals surface area contributed by atoms with Crippen LogP contribution in [0.15, 0.2) is 65.7 Å². The number of aromatic nitrogens is 3. The molecule has 4 amide bonds. The van der Waals surface area contributed by atoms with Crippen LogP contribution in [-0.2, 0) is 11.8 Å². The van der Waals surface area contributed by atoms with Crippen molar-refractivity contribution in [2.45, 2.75) is 33.1 Å². The quantitative estimate of drug-likeness (QED) is 0.207. The van der Waals surface area contributed by atoms with Crippen molar-refractivity contribution in [1.29, 1.82) is 0 Å². The van der Waals surface area contributed by atoms with Crippen molar-refractivity contribution in [3.05, 3.63) is 82.4 Å². The number of hydrogen-bond acceptors (Lipinski definition) is 7. The molecule has 4 aromatic rings. The highest BCUT2D eigenvalue weighted by Crippen LogP contribution is 2.35. The number of nitrogens with zero attached hydrogens (tertiary/aromatic N) is 5. The molecule has 0 atom stereocenters. The lowest BCUT2D eigenvalue weighted by Crippen LogP contribution is -2.31. The first kappa shape index (κ1) is 33.5. The minimum Gasteiger partial charge on any atom is -0.406 e. The minimum absolute atomic E-state index is 0.0624. The number of anilines is 3. The second-order valence-electron chi connectivity index (χ2n) is 10.7. The maximum atomic E-state index is 13.0. The molecule has 1 saturated heterocycles. The Morgan fingerprint density at radius 2 is 1.79 bits per heavy atom. The van der Waals surface area contributed by atoms with Gasteiger partial charge in [-0.05, 0) is 72.5 Å². The van der Waals surface area contributed by atoms with E-state index in [1.807, 2.05) is 39.0 Å². The van der Waals surface area contributed by atoms with E-state index >= 15 is 0 Å². The lowest BCUT2D eigenvalue weighted by atomic mass is 9.99. The van der Waals surface area contributed by atoms with Gasteiger partial charge in [0.25, 0.3) is 5.91 Å². The molecule has 47 heavy (non-hydrogen) atoms. The summed E-state index contributed by atoms with van der Waals surface area (Å²) in [6.45, 7) is 5.98. The van der Waals surface area contributed by atoms with Gasteiger partial charge in [0.2, 0.25) is 11.9 Å². The smallest absolute Gasteiger partial charge is 0.406 e. The predicted octanol–water partition coefficient (Wildman–Crippen LogP) is 7.39. The fraction of sp³-hybridized carbons (Fsp3) is 0.226. The van der Waals surface area contributed by atoms with Crippen LogP contribution in [0, 0.1) is 6.92 Å². The Balaban J connectivity index is 1.28. The van der Waals surface area contributed by atoms with Gasteiger partial charge in [-0.1, -0.05) is 49.3 Å². The third-order valence-corrected chi connectivity index (χ3v) is 8.05. The van der Waals surface area contributed by atoms with Gasteiger partial charge in [-0.25, -0.2) is 9.48 Å². The molecule has 1 aliphatic heterocycles. The summed E-state index contributed by atoms with van der Waals surface area (Å²) < 4.78 is 42.3. The van der Waals surface area contributed by atoms with Crippen LogP contribution in [0.2, 0.25) is 5.02 Å². The number of carbonyl (C=O) groups excluding carboxylic acids is 3. The second kappa shape index (κ2) is 13.5. The van der Waals surface area contributed by atoms with Gasteiger partial charge in [-0.3, -0.25) is 19.8 Å². The van der Waals surface area contributed by atoms with Gasteiger partial charge in [0.1, 0.15) is 5.75 Å². The summed E-state index contributed by atoms with van der Waals surface area (Å²) in [5, 5.41) is 9.90. The molecular weight excluding hydrogens is 659 g/mol. The number of carbonyl (C=O) groups is 3. The van der Waals surface area contributed by atoms with Crippen LogP contribution in [0.25, 0.3) is 11.4 Å². The minimum atomic E-state index is -4.85. The maximum absolute atomic E-state index is 13.0. The first-order chi connectivity index (χ1) is 22.2. The molecule has 1 fully saturated rings. The molecule has 16 heteroatoms. The Labute approximate surface area is 276 Å². The molecule has 1 aromatic heterocycles. The van der Waals surface area contributed by atoms with Crippen LogP contribution in [0.5, 0.6) is 5.75 Å². The number of amides is 4. The van der Waals surface area contributed by atoms with Crippen LogP contribution in [0.3, 0.4) is 0 Å². The zero-order valence-corrected chi connectivity index (χ0v) is 26.9. The molecule has 0 spiro atoms. The van der Waals surface area contributed by atoms with Crippen molar-refractivity contribution < 1.29 is 32.3 Å². The van der Waals surface area contributed by atoms with Crippen molar-refractivity contribution in [3.8, 4) is 17.1 Å². The molecule has 1 aliphatic rings. The highest BCUT2D eigenvalue weighted by atomic mass is 35.5. The van der Waals surface area contributed by atoms with Crippen LogP contribution in [0.4, 0.5) is 35.3 Å². The van der Waals surface area contributed by atoms with Gasteiger partial charge < -0.3 is 10.1 Å². The van der Waals surface area contributed by atoms with E-state index < -0.39 is 24.1 Å². The fourth-order valence-corrected chi connectivity index (χ4v) is 5.69. The highest BCUT2D eigenvalue weighted by molar-refractivity contribution is 8.15. The van der Waals surface area contributed by atoms with E-state index in [0.717, 1.165) is 23.3 Å². The van der Waals surface area contributed by atoms with Crippen molar-refractivity contribution in [2.75, 3.05) is 21.3 Å². The number of aryl methyl sites for hydroxylation is 2. The summed E-state index contributed by atoms with van der Waals surface area (Å²) in [6.07, 6.45) is -4.85. The monoisotopic (exact) mass is 685 g/mol. The van der Waals surface area contributed by atoms with Crippen molar-refractivity contribution in [3.63, 3.8) is 0 Å².